The number of nitrogens with zero attached hydrogens (tertiary/aromatic N) is 1. The van der Waals surface area contributed by atoms with Crippen molar-refractivity contribution >= 4 is 17.6 Å². The third-order valence-electron chi connectivity index (χ3n) is 4.59. The molecule has 7 heteroatoms. The van der Waals surface area contributed by atoms with Gasteiger partial charge >= 0.3 is 6.03 Å². The molecule has 0 bridgehead atoms. The zero-order chi connectivity index (χ0) is 20.1. The summed E-state index contributed by atoms with van der Waals surface area (Å²) in [6, 6.07) is 13.8. The van der Waals surface area contributed by atoms with Gasteiger partial charge < -0.3 is 15.4 Å². The Kier molecular flexibility index (Phi) is 6.06. The number of methoxy groups -OCH3 is 1. The molecule has 0 saturated heterocycles. The summed E-state index contributed by atoms with van der Waals surface area (Å²) in [4.78, 5) is 27.2. The number of benzene rings is 2. The Morgan fingerprint density at radius 1 is 1.18 bits per heavy atom. The number of ether oxygens (including phenoxy) is 1. The van der Waals surface area contributed by atoms with Crippen molar-refractivity contribution in [2.75, 3.05) is 25.6 Å². The molecule has 146 valence electrons. The molecule has 1 aliphatic heterocycles. The lowest BCUT2D eigenvalue weighted by Crippen LogP contribution is -2.49. The van der Waals surface area contributed by atoms with E-state index in [4.69, 9.17) is 4.74 Å². The Morgan fingerprint density at radius 3 is 2.50 bits per heavy atom. The van der Waals surface area contributed by atoms with Crippen LogP contribution in [-0.4, -0.2) is 37.1 Å². The van der Waals surface area contributed by atoms with E-state index in [0.29, 0.717) is 35.7 Å². The second kappa shape index (κ2) is 8.67. The van der Waals surface area contributed by atoms with Crippen molar-refractivity contribution in [1.82, 2.24) is 10.2 Å². The molecule has 3 amide bonds. The van der Waals surface area contributed by atoms with E-state index in [0.717, 1.165) is 0 Å². The number of carbonyl (C=O) groups excluding carboxylic acids is 2. The number of anilines is 1. The molecule has 0 aliphatic carbocycles. The molecular formula is C21H22FN3O3. The molecule has 0 spiro atoms. The number of nitrogens with one attached hydrogen (secondary N) is 2. The largest absolute Gasteiger partial charge is 0.383 e. The number of amides is 3. The molecule has 1 aliphatic rings. The van der Waals surface area contributed by atoms with Gasteiger partial charge in [-0.25, -0.2) is 9.18 Å². The fraction of sp³-hybridized carbons (Fsp3) is 0.238. The molecule has 0 radical (unpaired) electrons. The van der Waals surface area contributed by atoms with Crippen molar-refractivity contribution < 1.29 is 18.7 Å². The van der Waals surface area contributed by atoms with Gasteiger partial charge in [0, 0.05) is 18.5 Å². The van der Waals surface area contributed by atoms with Crippen LogP contribution in [0.1, 0.15) is 18.5 Å². The predicted molar refractivity (Wildman–Crippen MR) is 104 cm³/mol. The van der Waals surface area contributed by atoms with E-state index in [-0.39, 0.29) is 17.8 Å². The second-order valence-corrected chi connectivity index (χ2v) is 6.40. The van der Waals surface area contributed by atoms with Gasteiger partial charge in [-0.15, -0.1) is 0 Å². The first-order valence-corrected chi connectivity index (χ1v) is 8.91. The van der Waals surface area contributed by atoms with Crippen LogP contribution in [0.5, 0.6) is 0 Å². The highest BCUT2D eigenvalue weighted by molar-refractivity contribution is 6.06. The molecule has 1 atom stereocenters. The molecule has 0 aromatic heterocycles. The Balaban J connectivity index is 2.00. The van der Waals surface area contributed by atoms with E-state index in [1.807, 2.05) is 18.2 Å². The van der Waals surface area contributed by atoms with Gasteiger partial charge in [0.15, 0.2) is 0 Å². The first-order valence-electron chi connectivity index (χ1n) is 8.91. The molecule has 2 aromatic carbocycles. The van der Waals surface area contributed by atoms with E-state index >= 15 is 0 Å². The van der Waals surface area contributed by atoms with Gasteiger partial charge in [-0.1, -0.05) is 30.3 Å². The third kappa shape index (κ3) is 4.20. The maximum absolute atomic E-state index is 13.4. The van der Waals surface area contributed by atoms with E-state index in [9.17, 15) is 14.0 Å². The first kappa shape index (κ1) is 19.6. The van der Waals surface area contributed by atoms with Crippen LogP contribution < -0.4 is 10.6 Å². The minimum atomic E-state index is -0.685. The number of carbonyl (C=O) groups is 2. The lowest BCUT2D eigenvalue weighted by atomic mass is 9.94. The van der Waals surface area contributed by atoms with Gasteiger partial charge in [-0.2, -0.15) is 0 Å². The summed E-state index contributed by atoms with van der Waals surface area (Å²) in [6.07, 6.45) is 0. The van der Waals surface area contributed by atoms with Crippen LogP contribution in [0.25, 0.3) is 0 Å². The molecule has 6 nitrogen and oxygen atoms in total. The maximum Gasteiger partial charge on any atom is 0.322 e. The summed E-state index contributed by atoms with van der Waals surface area (Å²) >= 11 is 0. The van der Waals surface area contributed by atoms with Crippen molar-refractivity contribution in [2.24, 2.45) is 0 Å². The van der Waals surface area contributed by atoms with E-state index in [1.54, 1.807) is 38.3 Å². The number of halogens is 1. The highest BCUT2D eigenvalue weighted by Gasteiger charge is 2.35. The number of hydrogen-bond acceptors (Lipinski definition) is 3. The van der Waals surface area contributed by atoms with Crippen LogP contribution in [0.15, 0.2) is 65.9 Å². The summed E-state index contributed by atoms with van der Waals surface area (Å²) in [6.45, 7) is 2.37. The monoisotopic (exact) mass is 383 g/mol. The summed E-state index contributed by atoms with van der Waals surface area (Å²) in [5, 5.41) is 5.71. The normalized spacial score (nSPS) is 16.8. The standard InChI is InChI=1S/C21H22FN3O3/c1-14-18(20(26)23-17-6-4-3-5-7-17)19(15-8-10-16(22)11-9-15)24-21(27)25(14)12-13-28-2/h3-11,19H,12-13H2,1-2H3,(H,23,26)(H,24,27). The molecule has 1 heterocycles. The zero-order valence-electron chi connectivity index (χ0n) is 15.7. The third-order valence-corrected chi connectivity index (χ3v) is 4.59. The van der Waals surface area contributed by atoms with Crippen molar-refractivity contribution in [2.45, 2.75) is 13.0 Å². The van der Waals surface area contributed by atoms with Crippen molar-refractivity contribution in [3.8, 4) is 0 Å². The number of allylic oxidation sites excluding steroid dienone is 1. The summed E-state index contributed by atoms with van der Waals surface area (Å²) < 4.78 is 18.4. The molecule has 28 heavy (non-hydrogen) atoms. The fourth-order valence-electron chi connectivity index (χ4n) is 3.15. The summed E-state index contributed by atoms with van der Waals surface area (Å²) in [5.74, 6) is -0.718. The number of para-hydroxylation sites is 1. The van der Waals surface area contributed by atoms with Crippen LogP contribution in [-0.2, 0) is 9.53 Å². The van der Waals surface area contributed by atoms with Gasteiger partial charge in [0.25, 0.3) is 5.91 Å². The molecule has 0 fully saturated rings. The Labute approximate surface area is 163 Å². The minimum absolute atomic E-state index is 0.312. The average molecular weight is 383 g/mol. The van der Waals surface area contributed by atoms with Crippen molar-refractivity contribution in [1.29, 1.82) is 0 Å². The predicted octanol–water partition coefficient (Wildman–Crippen LogP) is 3.45. The van der Waals surface area contributed by atoms with Crippen molar-refractivity contribution in [3.63, 3.8) is 0 Å². The molecular weight excluding hydrogens is 361 g/mol. The van der Waals surface area contributed by atoms with E-state index in [2.05, 4.69) is 10.6 Å². The number of rotatable bonds is 6. The number of hydrogen-bond donors (Lipinski definition) is 2. The smallest absolute Gasteiger partial charge is 0.322 e. The molecule has 2 N–H and O–H groups in total. The van der Waals surface area contributed by atoms with Crippen LogP contribution >= 0.6 is 0 Å². The molecule has 2 aromatic rings. The van der Waals surface area contributed by atoms with Gasteiger partial charge in [0.05, 0.1) is 24.8 Å². The fourth-order valence-corrected chi connectivity index (χ4v) is 3.15. The van der Waals surface area contributed by atoms with Crippen LogP contribution in [0.3, 0.4) is 0 Å². The number of urea groups is 1. The SMILES string of the molecule is COCCN1C(=O)NC(c2ccc(F)cc2)C(C(=O)Nc2ccccc2)=C1C. The van der Waals surface area contributed by atoms with Gasteiger partial charge in [-0.3, -0.25) is 9.69 Å². The molecule has 1 unspecified atom stereocenters. The molecule has 3 rings (SSSR count). The highest BCUT2D eigenvalue weighted by Crippen LogP contribution is 2.31. The van der Waals surface area contributed by atoms with E-state index < -0.39 is 6.04 Å². The van der Waals surface area contributed by atoms with Crippen LogP contribution in [0, 0.1) is 5.82 Å². The average Bonchev–Trinajstić information content (AvgIpc) is 2.68. The summed E-state index contributed by atoms with van der Waals surface area (Å²) in [5.41, 5.74) is 2.19. The highest BCUT2D eigenvalue weighted by atomic mass is 19.1. The maximum atomic E-state index is 13.4. The Hall–Kier alpha value is -3.19. The van der Waals surface area contributed by atoms with Gasteiger partial charge in [0.2, 0.25) is 0 Å². The minimum Gasteiger partial charge on any atom is -0.383 e. The van der Waals surface area contributed by atoms with Crippen LogP contribution in [0.2, 0.25) is 0 Å². The van der Waals surface area contributed by atoms with Crippen LogP contribution in [0.4, 0.5) is 14.9 Å². The summed E-state index contributed by atoms with van der Waals surface area (Å²) in [7, 11) is 1.55. The topological polar surface area (TPSA) is 70.7 Å². The Bertz CT molecular complexity index is 882. The zero-order valence-corrected chi connectivity index (χ0v) is 15.7. The van der Waals surface area contributed by atoms with Gasteiger partial charge in [-0.05, 0) is 36.8 Å². The lowest BCUT2D eigenvalue weighted by Gasteiger charge is -2.35. The second-order valence-electron chi connectivity index (χ2n) is 6.40. The van der Waals surface area contributed by atoms with Gasteiger partial charge in [0.1, 0.15) is 5.82 Å². The van der Waals surface area contributed by atoms with E-state index in [1.165, 1.54) is 17.0 Å². The van der Waals surface area contributed by atoms with Crippen molar-refractivity contribution in [3.05, 3.63) is 77.2 Å². The lowest BCUT2D eigenvalue weighted by molar-refractivity contribution is -0.113. The molecule has 0 saturated carbocycles. The first-order chi connectivity index (χ1) is 13.5. The quantitative estimate of drug-likeness (QED) is 0.803. The Morgan fingerprint density at radius 2 is 1.86 bits per heavy atom.